The van der Waals surface area contributed by atoms with Crippen LogP contribution in [-0.4, -0.2) is 22.8 Å². The van der Waals surface area contributed by atoms with Crippen LogP contribution in [0.1, 0.15) is 65.2 Å². The highest BCUT2D eigenvalue weighted by Gasteiger charge is 2.46. The second-order valence-corrected chi connectivity index (χ2v) is 9.61. The van der Waals surface area contributed by atoms with Crippen molar-refractivity contribution in [3.05, 3.63) is 0 Å². The van der Waals surface area contributed by atoms with Crippen molar-refractivity contribution in [2.24, 2.45) is 23.7 Å². The van der Waals surface area contributed by atoms with Gasteiger partial charge in [-0.2, -0.15) is 11.8 Å². The summed E-state index contributed by atoms with van der Waals surface area (Å²) in [4.78, 5) is 0. The van der Waals surface area contributed by atoms with E-state index in [-0.39, 0.29) is 11.2 Å². The molecule has 2 aliphatic carbocycles. The van der Waals surface area contributed by atoms with Crippen LogP contribution in [0.5, 0.6) is 0 Å². The van der Waals surface area contributed by atoms with E-state index in [1.807, 2.05) is 11.8 Å². The predicted octanol–water partition coefficient (Wildman–Crippen LogP) is 5.80. The molecule has 0 spiro atoms. The van der Waals surface area contributed by atoms with Gasteiger partial charge in [-0.05, 0) is 56.3 Å². The molecule has 3 aliphatic rings. The Balaban J connectivity index is 1.58. The Morgan fingerprint density at radius 2 is 1.38 bits per heavy atom. The Morgan fingerprint density at radius 3 is 1.90 bits per heavy atom. The standard InChI is InChI=1S/C18H30F2S/c1-11-3-6-13(7-4-11)14-9-15(19)18(16(20)10-14)17-8-5-12(2)21-17/h11-18H,3-10H2,1-2H3. The Morgan fingerprint density at radius 1 is 0.762 bits per heavy atom. The van der Waals surface area contributed by atoms with E-state index in [1.165, 1.54) is 25.7 Å². The lowest BCUT2D eigenvalue weighted by Gasteiger charge is -2.42. The zero-order chi connectivity index (χ0) is 15.0. The van der Waals surface area contributed by atoms with E-state index < -0.39 is 12.3 Å². The van der Waals surface area contributed by atoms with Crippen LogP contribution in [0.2, 0.25) is 0 Å². The quantitative estimate of drug-likeness (QED) is 0.620. The van der Waals surface area contributed by atoms with Crippen LogP contribution in [0, 0.1) is 23.7 Å². The Kier molecular flexibility index (Phi) is 5.18. The average molecular weight is 317 g/mol. The largest absolute Gasteiger partial charge is 0.247 e. The molecule has 4 unspecified atom stereocenters. The van der Waals surface area contributed by atoms with Gasteiger partial charge in [0.25, 0.3) is 0 Å². The van der Waals surface area contributed by atoms with Gasteiger partial charge in [0.2, 0.25) is 0 Å². The van der Waals surface area contributed by atoms with Crippen molar-refractivity contribution in [3.8, 4) is 0 Å². The fourth-order valence-corrected chi connectivity index (χ4v) is 6.60. The third-order valence-electron chi connectivity index (χ3n) is 6.31. The minimum atomic E-state index is -0.902. The summed E-state index contributed by atoms with van der Waals surface area (Å²) in [6, 6.07) is 0. The smallest absolute Gasteiger partial charge is 0.107 e. The minimum absolute atomic E-state index is 0.234. The highest BCUT2D eigenvalue weighted by atomic mass is 32.2. The molecule has 21 heavy (non-hydrogen) atoms. The number of halogens is 2. The first-order valence-corrected chi connectivity index (χ1v) is 9.92. The van der Waals surface area contributed by atoms with Crippen LogP contribution >= 0.6 is 11.8 Å². The van der Waals surface area contributed by atoms with Crippen LogP contribution < -0.4 is 0 Å². The zero-order valence-corrected chi connectivity index (χ0v) is 14.3. The minimum Gasteiger partial charge on any atom is -0.247 e. The maximum absolute atomic E-state index is 14.7. The van der Waals surface area contributed by atoms with Crippen molar-refractivity contribution in [2.75, 3.05) is 0 Å². The Hall–Kier alpha value is 0.210. The summed E-state index contributed by atoms with van der Waals surface area (Å²) in [6.07, 6.45) is 6.53. The van der Waals surface area contributed by atoms with Crippen LogP contribution in [0.15, 0.2) is 0 Å². The molecule has 0 aromatic carbocycles. The molecular weight excluding hydrogens is 286 g/mol. The van der Waals surface area contributed by atoms with E-state index in [0.717, 1.165) is 18.8 Å². The van der Waals surface area contributed by atoms with Crippen LogP contribution in [0.3, 0.4) is 0 Å². The molecule has 0 amide bonds. The van der Waals surface area contributed by atoms with Gasteiger partial charge in [-0.3, -0.25) is 0 Å². The van der Waals surface area contributed by atoms with E-state index in [9.17, 15) is 8.78 Å². The van der Waals surface area contributed by atoms with Gasteiger partial charge in [0, 0.05) is 16.4 Å². The molecule has 3 fully saturated rings. The number of alkyl halides is 2. The summed E-state index contributed by atoms with van der Waals surface area (Å²) in [5.74, 6) is 1.39. The van der Waals surface area contributed by atoms with Crippen LogP contribution in [0.4, 0.5) is 8.78 Å². The summed E-state index contributed by atoms with van der Waals surface area (Å²) in [7, 11) is 0. The first kappa shape index (κ1) is 16.1. The van der Waals surface area contributed by atoms with Crippen molar-refractivity contribution < 1.29 is 8.78 Å². The van der Waals surface area contributed by atoms with Crippen molar-refractivity contribution in [2.45, 2.75) is 88.1 Å². The van der Waals surface area contributed by atoms with Gasteiger partial charge in [0.15, 0.2) is 0 Å². The second kappa shape index (κ2) is 6.76. The summed E-state index contributed by atoms with van der Waals surface area (Å²) in [5, 5.41) is 0.823. The van der Waals surface area contributed by atoms with Crippen molar-refractivity contribution in [1.29, 1.82) is 0 Å². The number of hydrogen-bond donors (Lipinski definition) is 0. The molecular formula is C18H30F2S. The fourth-order valence-electron chi connectivity index (χ4n) is 4.94. The van der Waals surface area contributed by atoms with E-state index in [2.05, 4.69) is 13.8 Å². The van der Waals surface area contributed by atoms with Crippen molar-refractivity contribution >= 4 is 11.8 Å². The lowest BCUT2D eigenvalue weighted by atomic mass is 9.67. The first-order valence-electron chi connectivity index (χ1n) is 8.98. The molecule has 0 nitrogen and oxygen atoms in total. The van der Waals surface area contributed by atoms with Gasteiger partial charge >= 0.3 is 0 Å². The predicted molar refractivity (Wildman–Crippen MR) is 87.2 cm³/mol. The highest BCUT2D eigenvalue weighted by Crippen LogP contribution is 2.49. The summed E-state index contributed by atoms with van der Waals surface area (Å²) in [6.45, 7) is 4.50. The molecule has 2 saturated carbocycles. The molecule has 1 aliphatic heterocycles. The van der Waals surface area contributed by atoms with Gasteiger partial charge < -0.3 is 0 Å². The van der Waals surface area contributed by atoms with E-state index in [0.29, 0.717) is 29.9 Å². The maximum Gasteiger partial charge on any atom is 0.107 e. The topological polar surface area (TPSA) is 0 Å². The number of thioether (sulfide) groups is 1. The zero-order valence-electron chi connectivity index (χ0n) is 13.4. The molecule has 3 rings (SSSR count). The molecule has 0 N–H and O–H groups in total. The van der Waals surface area contributed by atoms with Gasteiger partial charge in [-0.1, -0.05) is 26.7 Å². The second-order valence-electron chi connectivity index (χ2n) is 7.92. The molecule has 0 bridgehead atoms. The molecule has 1 heterocycles. The Bertz CT molecular complexity index is 328. The highest BCUT2D eigenvalue weighted by molar-refractivity contribution is 8.00. The third-order valence-corrected chi connectivity index (χ3v) is 7.91. The van der Waals surface area contributed by atoms with Gasteiger partial charge in [0.05, 0.1) is 0 Å². The van der Waals surface area contributed by atoms with Crippen LogP contribution in [-0.2, 0) is 0 Å². The van der Waals surface area contributed by atoms with Gasteiger partial charge in [-0.15, -0.1) is 0 Å². The van der Waals surface area contributed by atoms with Crippen LogP contribution in [0.25, 0.3) is 0 Å². The molecule has 0 aromatic heterocycles. The maximum atomic E-state index is 14.7. The molecule has 1 saturated heterocycles. The van der Waals surface area contributed by atoms with Gasteiger partial charge in [0.1, 0.15) is 12.3 Å². The third kappa shape index (κ3) is 3.59. The van der Waals surface area contributed by atoms with E-state index >= 15 is 0 Å². The summed E-state index contributed by atoms with van der Waals surface area (Å²) in [5.41, 5.74) is 0. The summed E-state index contributed by atoms with van der Waals surface area (Å²) >= 11 is 1.84. The monoisotopic (exact) mass is 316 g/mol. The first-order chi connectivity index (χ1) is 10.0. The SMILES string of the molecule is CC1CCC(C2CC(F)C(C3CCC(C)S3)C(F)C2)CC1. The Labute approximate surface area is 132 Å². The van der Waals surface area contributed by atoms with E-state index in [4.69, 9.17) is 0 Å². The molecule has 3 heteroatoms. The lowest BCUT2D eigenvalue weighted by Crippen LogP contribution is -2.43. The molecule has 4 atom stereocenters. The normalized spacial score (nSPS) is 52.0. The van der Waals surface area contributed by atoms with Gasteiger partial charge in [-0.25, -0.2) is 8.78 Å². The molecule has 0 aromatic rings. The van der Waals surface area contributed by atoms with E-state index in [1.54, 1.807) is 0 Å². The van der Waals surface area contributed by atoms with Crippen molar-refractivity contribution in [1.82, 2.24) is 0 Å². The molecule has 122 valence electrons. The molecule has 0 radical (unpaired) electrons. The lowest BCUT2D eigenvalue weighted by molar-refractivity contribution is 0.0146. The number of rotatable bonds is 2. The summed E-state index contributed by atoms with van der Waals surface area (Å²) < 4.78 is 29.4. The average Bonchev–Trinajstić information content (AvgIpc) is 2.85. The number of hydrogen-bond acceptors (Lipinski definition) is 1. The van der Waals surface area contributed by atoms with Crippen molar-refractivity contribution in [3.63, 3.8) is 0 Å². The fraction of sp³-hybridized carbons (Fsp3) is 1.00.